The Hall–Kier alpha value is -1.22. The Morgan fingerprint density at radius 3 is 2.82 bits per heavy atom. The lowest BCUT2D eigenvalue weighted by molar-refractivity contribution is -0.130. The van der Waals surface area contributed by atoms with Crippen LogP contribution in [0, 0.1) is 12.8 Å². The van der Waals surface area contributed by atoms with Gasteiger partial charge in [-0.05, 0) is 30.7 Å². The molecule has 7 heteroatoms. The Kier molecular flexibility index (Phi) is 3.88. The summed E-state index contributed by atoms with van der Waals surface area (Å²) < 4.78 is 17.1. The quantitative estimate of drug-likeness (QED) is 0.592. The van der Waals surface area contributed by atoms with Gasteiger partial charge in [-0.3, -0.25) is 4.79 Å². The second kappa shape index (κ2) is 5.45. The van der Waals surface area contributed by atoms with Gasteiger partial charge in [-0.1, -0.05) is 0 Å². The molecule has 0 aromatic heterocycles. The van der Waals surface area contributed by atoms with E-state index in [4.69, 9.17) is 5.11 Å². The first kappa shape index (κ1) is 15.7. The number of rotatable bonds is 2. The predicted molar refractivity (Wildman–Crippen MR) is 88.0 cm³/mol. The van der Waals surface area contributed by atoms with Gasteiger partial charge in [0.1, 0.15) is 0 Å². The van der Waals surface area contributed by atoms with Crippen LogP contribution in [-0.2, 0) is 4.79 Å². The van der Waals surface area contributed by atoms with E-state index in [-0.39, 0.29) is 24.4 Å². The van der Waals surface area contributed by atoms with E-state index in [0.29, 0.717) is 18.8 Å². The summed E-state index contributed by atoms with van der Waals surface area (Å²) in [7, 11) is 0. The van der Waals surface area contributed by atoms with Crippen LogP contribution in [0.5, 0.6) is 0 Å². The molecular weight excluding hydrogens is 402 g/mol. The highest BCUT2D eigenvalue weighted by atomic mass is 127. The molecule has 0 spiro atoms. The van der Waals surface area contributed by atoms with Crippen molar-refractivity contribution >= 4 is 40.4 Å². The average Bonchev–Trinajstić information content (AvgIpc) is 2.71. The molecule has 22 heavy (non-hydrogen) atoms. The van der Waals surface area contributed by atoms with Crippen LogP contribution < -0.4 is 4.90 Å². The summed E-state index contributed by atoms with van der Waals surface area (Å²) >= 11 is 2.15. The fourth-order valence-electron chi connectivity index (χ4n) is 3.24. The highest BCUT2D eigenvalue weighted by Crippen LogP contribution is 2.42. The fourth-order valence-corrected chi connectivity index (χ4v) is 3.96. The molecule has 5 nitrogen and oxygen atoms in total. The first-order valence-electron chi connectivity index (χ1n) is 7.08. The Morgan fingerprint density at radius 2 is 2.14 bits per heavy atom. The molecule has 0 unspecified atom stereocenters. The van der Waals surface area contributed by atoms with Gasteiger partial charge in [-0.2, -0.15) is 0 Å². The maximum atomic E-state index is 15.1. The predicted octanol–water partition coefficient (Wildman–Crippen LogP) is 2.42. The monoisotopic (exact) mass is 418 g/mol. The van der Waals surface area contributed by atoms with Crippen molar-refractivity contribution in [3.8, 4) is 0 Å². The zero-order chi connectivity index (χ0) is 16.1. The van der Waals surface area contributed by atoms with Gasteiger partial charge in [0.05, 0.1) is 5.56 Å². The van der Waals surface area contributed by atoms with E-state index < -0.39 is 17.5 Å². The average molecular weight is 418 g/mol. The van der Waals surface area contributed by atoms with E-state index in [9.17, 15) is 9.59 Å². The van der Waals surface area contributed by atoms with Crippen molar-refractivity contribution in [3.05, 3.63) is 29.3 Å². The smallest absolute Gasteiger partial charge is 0.335 e. The van der Waals surface area contributed by atoms with Crippen LogP contribution >= 0.6 is 22.9 Å². The third-order valence-corrected chi connectivity index (χ3v) is 5.28. The standard InChI is InChI=1S/C15H16FIN2O3/c1-9-4-10(13(20)21)6-12(5-9)19-8-11-7-18(17)3-2-15(11,16)14(19)22/h4-6,11H,2-3,7-8H2,1H3,(H,20,21)/t11-,15+/m0/s1. The van der Waals surface area contributed by atoms with Crippen LogP contribution in [-0.4, -0.2) is 45.4 Å². The van der Waals surface area contributed by atoms with Gasteiger partial charge in [-0.15, -0.1) is 0 Å². The molecule has 1 aromatic rings. The molecule has 0 aliphatic carbocycles. The second-order valence-electron chi connectivity index (χ2n) is 5.96. The Bertz CT molecular complexity index is 654. The number of carboxylic acids is 1. The topological polar surface area (TPSA) is 60.9 Å². The van der Waals surface area contributed by atoms with Crippen LogP contribution in [0.1, 0.15) is 22.3 Å². The first-order valence-corrected chi connectivity index (χ1v) is 8.04. The van der Waals surface area contributed by atoms with E-state index >= 15 is 4.39 Å². The van der Waals surface area contributed by atoms with Gasteiger partial charge in [0.25, 0.3) is 5.91 Å². The largest absolute Gasteiger partial charge is 0.478 e. The van der Waals surface area contributed by atoms with Gasteiger partial charge in [-0.25, -0.2) is 12.3 Å². The van der Waals surface area contributed by atoms with Crippen molar-refractivity contribution in [2.75, 3.05) is 24.5 Å². The number of aryl methyl sites for hydroxylation is 1. The summed E-state index contributed by atoms with van der Waals surface area (Å²) in [4.78, 5) is 25.1. The van der Waals surface area contributed by atoms with Gasteiger partial charge < -0.3 is 10.0 Å². The number of fused-ring (bicyclic) bond motifs is 1. The van der Waals surface area contributed by atoms with Crippen LogP contribution in [0.25, 0.3) is 0 Å². The van der Waals surface area contributed by atoms with Gasteiger partial charge in [0, 0.05) is 60.5 Å². The Balaban J connectivity index is 1.96. The van der Waals surface area contributed by atoms with E-state index in [1.54, 1.807) is 13.0 Å². The van der Waals surface area contributed by atoms with E-state index in [0.717, 1.165) is 5.56 Å². The molecule has 2 aliphatic rings. The van der Waals surface area contributed by atoms with Gasteiger partial charge >= 0.3 is 5.97 Å². The minimum absolute atomic E-state index is 0.112. The van der Waals surface area contributed by atoms with Gasteiger partial charge in [0.15, 0.2) is 5.67 Å². The molecule has 1 amide bonds. The summed E-state index contributed by atoms with van der Waals surface area (Å²) in [5, 5.41) is 9.15. The molecule has 1 aromatic carbocycles. The lowest BCUT2D eigenvalue weighted by Crippen LogP contribution is -2.48. The third-order valence-electron chi connectivity index (χ3n) is 4.41. The number of aromatic carboxylic acids is 1. The maximum Gasteiger partial charge on any atom is 0.335 e. The summed E-state index contributed by atoms with van der Waals surface area (Å²) in [6, 6.07) is 4.71. The van der Waals surface area contributed by atoms with Crippen LogP contribution in [0.3, 0.4) is 0 Å². The zero-order valence-corrected chi connectivity index (χ0v) is 14.2. The van der Waals surface area contributed by atoms with Crippen LogP contribution in [0.4, 0.5) is 10.1 Å². The number of hydrogen-bond acceptors (Lipinski definition) is 3. The highest BCUT2D eigenvalue weighted by Gasteiger charge is 2.57. The summed E-state index contributed by atoms with van der Waals surface area (Å²) in [6.07, 6.45) is 0.188. The molecule has 2 aliphatic heterocycles. The molecule has 3 rings (SSSR count). The molecule has 0 saturated carbocycles. The fraction of sp³-hybridized carbons (Fsp3) is 0.467. The molecule has 1 N–H and O–H groups in total. The molecule has 2 fully saturated rings. The number of carboxylic acid groups (broad SMARTS) is 1. The maximum absolute atomic E-state index is 15.1. The number of anilines is 1. The molecule has 2 heterocycles. The minimum atomic E-state index is -1.82. The van der Waals surface area contributed by atoms with Crippen molar-refractivity contribution in [3.63, 3.8) is 0 Å². The number of alkyl halides is 1. The van der Waals surface area contributed by atoms with Crippen molar-refractivity contribution in [2.24, 2.45) is 5.92 Å². The first-order chi connectivity index (χ1) is 10.3. The summed E-state index contributed by atoms with van der Waals surface area (Å²) in [6.45, 7) is 3.12. The number of hydrogen-bond donors (Lipinski definition) is 1. The number of halogens is 2. The zero-order valence-electron chi connectivity index (χ0n) is 12.1. The van der Waals surface area contributed by atoms with Crippen LogP contribution in [0.2, 0.25) is 0 Å². The highest BCUT2D eigenvalue weighted by molar-refractivity contribution is 14.1. The number of carbonyl (C=O) groups excluding carboxylic acids is 1. The normalized spacial score (nSPS) is 28.8. The number of carbonyl (C=O) groups is 2. The lowest BCUT2D eigenvalue weighted by atomic mass is 9.86. The molecule has 2 atom stereocenters. The van der Waals surface area contributed by atoms with E-state index in [1.165, 1.54) is 17.0 Å². The summed E-state index contributed by atoms with van der Waals surface area (Å²) in [5.74, 6) is -1.97. The number of piperidine rings is 1. The third kappa shape index (κ3) is 2.50. The second-order valence-corrected chi connectivity index (χ2v) is 7.32. The number of benzene rings is 1. The Morgan fingerprint density at radius 1 is 1.41 bits per heavy atom. The van der Waals surface area contributed by atoms with Crippen LogP contribution in [0.15, 0.2) is 18.2 Å². The van der Waals surface area contributed by atoms with E-state index in [1.807, 2.05) is 3.11 Å². The van der Waals surface area contributed by atoms with Crippen molar-refractivity contribution in [1.82, 2.24) is 3.11 Å². The molecule has 0 bridgehead atoms. The van der Waals surface area contributed by atoms with Crippen molar-refractivity contribution < 1.29 is 19.1 Å². The van der Waals surface area contributed by atoms with Crippen molar-refractivity contribution in [1.29, 1.82) is 0 Å². The van der Waals surface area contributed by atoms with E-state index in [2.05, 4.69) is 22.9 Å². The molecule has 2 saturated heterocycles. The van der Waals surface area contributed by atoms with Crippen molar-refractivity contribution in [2.45, 2.75) is 19.0 Å². The molecule has 118 valence electrons. The number of nitrogens with zero attached hydrogens (tertiary/aromatic N) is 2. The summed E-state index contributed by atoms with van der Waals surface area (Å²) in [5.41, 5.74) is -0.509. The molecular formula is C15H16FIN2O3. The number of amides is 1. The molecule has 0 radical (unpaired) electrons. The minimum Gasteiger partial charge on any atom is -0.478 e. The SMILES string of the molecule is Cc1cc(C(=O)O)cc(N2C[C@@H]3CN(I)CC[C@]3(F)C2=O)c1. The Labute approximate surface area is 141 Å². The lowest BCUT2D eigenvalue weighted by Gasteiger charge is -2.33. The van der Waals surface area contributed by atoms with Gasteiger partial charge in [0.2, 0.25) is 0 Å².